The fourth-order valence-corrected chi connectivity index (χ4v) is 2.51. The predicted octanol–water partition coefficient (Wildman–Crippen LogP) is 3.90. The Morgan fingerprint density at radius 2 is 2.06 bits per heavy atom. The van der Waals surface area contributed by atoms with E-state index < -0.39 is 0 Å². The van der Waals surface area contributed by atoms with Crippen LogP contribution in [0.15, 0.2) is 18.2 Å². The number of nitrogens with one attached hydrogen (secondary N) is 1. The molecule has 0 saturated heterocycles. The van der Waals surface area contributed by atoms with Gasteiger partial charge in [-0.2, -0.15) is 0 Å². The third-order valence-electron chi connectivity index (χ3n) is 3.42. The second-order valence-electron chi connectivity index (χ2n) is 4.86. The topological polar surface area (TPSA) is 12.0 Å². The Labute approximate surface area is 101 Å². The largest absolute Gasteiger partial charge is 0.307 e. The Balaban J connectivity index is 2.01. The molecule has 0 unspecified atom stereocenters. The Morgan fingerprint density at radius 1 is 1.38 bits per heavy atom. The molecule has 1 nitrogen and oxygen atoms in total. The van der Waals surface area contributed by atoms with E-state index in [2.05, 4.69) is 12.2 Å². The molecule has 16 heavy (non-hydrogen) atoms. The van der Waals surface area contributed by atoms with Crippen LogP contribution in [0.25, 0.3) is 0 Å². The van der Waals surface area contributed by atoms with Crippen LogP contribution < -0.4 is 5.32 Å². The molecule has 0 heterocycles. The zero-order valence-corrected chi connectivity index (χ0v) is 10.3. The van der Waals surface area contributed by atoms with Gasteiger partial charge in [0.25, 0.3) is 0 Å². The zero-order chi connectivity index (χ0) is 11.6. The molecule has 1 aliphatic carbocycles. The van der Waals surface area contributed by atoms with Crippen molar-refractivity contribution in [3.8, 4) is 0 Å². The Hall–Kier alpha value is -0.600. The molecule has 2 rings (SSSR count). The first kappa shape index (κ1) is 11.9. The monoisotopic (exact) mass is 241 g/mol. The van der Waals surface area contributed by atoms with Gasteiger partial charge in [-0.15, -0.1) is 0 Å². The summed E-state index contributed by atoms with van der Waals surface area (Å²) in [6, 6.07) is 4.70. The summed E-state index contributed by atoms with van der Waals surface area (Å²) in [5.41, 5.74) is 0.829. The number of benzene rings is 1. The first-order valence-electron chi connectivity index (χ1n) is 5.78. The van der Waals surface area contributed by atoms with Crippen molar-refractivity contribution in [1.82, 2.24) is 5.32 Å². The fourth-order valence-electron chi connectivity index (χ4n) is 2.32. The first-order chi connectivity index (χ1) is 7.59. The second-order valence-corrected chi connectivity index (χ2v) is 5.29. The molecule has 1 fully saturated rings. The van der Waals surface area contributed by atoms with Crippen molar-refractivity contribution < 1.29 is 4.39 Å². The average molecular weight is 242 g/mol. The van der Waals surface area contributed by atoms with Crippen molar-refractivity contribution in [3.05, 3.63) is 34.6 Å². The highest BCUT2D eigenvalue weighted by molar-refractivity contribution is 6.30. The van der Waals surface area contributed by atoms with Crippen molar-refractivity contribution in [2.24, 2.45) is 0 Å². The Morgan fingerprint density at radius 3 is 2.75 bits per heavy atom. The average Bonchev–Trinajstić information content (AvgIpc) is 2.67. The van der Waals surface area contributed by atoms with Crippen LogP contribution in [0.5, 0.6) is 0 Å². The summed E-state index contributed by atoms with van der Waals surface area (Å²) in [7, 11) is 0. The molecule has 0 atom stereocenters. The van der Waals surface area contributed by atoms with Crippen molar-refractivity contribution in [1.29, 1.82) is 0 Å². The van der Waals surface area contributed by atoms with E-state index in [1.165, 1.54) is 31.7 Å². The number of hydrogen-bond donors (Lipinski definition) is 1. The zero-order valence-electron chi connectivity index (χ0n) is 9.52. The minimum Gasteiger partial charge on any atom is -0.307 e. The lowest BCUT2D eigenvalue weighted by Crippen LogP contribution is -2.38. The van der Waals surface area contributed by atoms with Gasteiger partial charge in [0.15, 0.2) is 0 Å². The van der Waals surface area contributed by atoms with Crippen molar-refractivity contribution in [2.75, 3.05) is 0 Å². The summed E-state index contributed by atoms with van der Waals surface area (Å²) < 4.78 is 13.5. The van der Waals surface area contributed by atoms with Gasteiger partial charge in [0.2, 0.25) is 0 Å². The van der Waals surface area contributed by atoms with Crippen LogP contribution in [0.3, 0.4) is 0 Å². The molecule has 0 aromatic heterocycles. The predicted molar refractivity (Wildman–Crippen MR) is 65.1 cm³/mol. The van der Waals surface area contributed by atoms with E-state index in [1.54, 1.807) is 12.1 Å². The molecule has 0 radical (unpaired) electrons. The van der Waals surface area contributed by atoms with E-state index >= 15 is 0 Å². The molecule has 1 N–H and O–H groups in total. The van der Waals surface area contributed by atoms with E-state index in [1.807, 2.05) is 0 Å². The highest BCUT2D eigenvalue weighted by Gasteiger charge is 2.27. The SMILES string of the molecule is CC1(NCc2cc(Cl)ccc2F)CCCC1. The van der Waals surface area contributed by atoms with Gasteiger partial charge >= 0.3 is 0 Å². The van der Waals surface area contributed by atoms with Gasteiger partial charge < -0.3 is 5.32 Å². The molecule has 0 spiro atoms. The Kier molecular flexibility index (Phi) is 3.50. The lowest BCUT2D eigenvalue weighted by atomic mass is 10.0. The lowest BCUT2D eigenvalue weighted by Gasteiger charge is -2.25. The summed E-state index contributed by atoms with van der Waals surface area (Å²) in [5.74, 6) is -0.182. The van der Waals surface area contributed by atoms with Gasteiger partial charge in [-0.25, -0.2) is 4.39 Å². The summed E-state index contributed by atoms with van der Waals surface area (Å²) in [6.07, 6.45) is 4.88. The van der Waals surface area contributed by atoms with E-state index in [0.29, 0.717) is 17.1 Å². The van der Waals surface area contributed by atoms with Crippen LogP contribution in [-0.2, 0) is 6.54 Å². The van der Waals surface area contributed by atoms with Gasteiger partial charge in [-0.1, -0.05) is 24.4 Å². The molecular formula is C13H17ClFN. The number of hydrogen-bond acceptors (Lipinski definition) is 1. The van der Waals surface area contributed by atoms with Crippen LogP contribution in [0.4, 0.5) is 4.39 Å². The van der Waals surface area contributed by atoms with Crippen molar-refractivity contribution in [2.45, 2.75) is 44.7 Å². The van der Waals surface area contributed by atoms with E-state index in [4.69, 9.17) is 11.6 Å². The third-order valence-corrected chi connectivity index (χ3v) is 3.66. The molecule has 88 valence electrons. The standard InChI is InChI=1S/C13H17ClFN/c1-13(6-2-3-7-13)16-9-10-8-11(14)4-5-12(10)15/h4-5,8,16H,2-3,6-7,9H2,1H3. The molecule has 0 bridgehead atoms. The number of halogens is 2. The van der Waals surface area contributed by atoms with Crippen LogP contribution in [-0.4, -0.2) is 5.54 Å². The van der Waals surface area contributed by atoms with Crippen molar-refractivity contribution in [3.63, 3.8) is 0 Å². The minimum absolute atomic E-state index is 0.175. The molecule has 0 aliphatic heterocycles. The summed E-state index contributed by atoms with van der Waals surface area (Å²) in [6.45, 7) is 2.77. The molecule has 1 aliphatic rings. The van der Waals surface area contributed by atoms with Crippen LogP contribution in [0.2, 0.25) is 5.02 Å². The summed E-state index contributed by atoms with van der Waals surface area (Å²) in [4.78, 5) is 0. The fraction of sp³-hybridized carbons (Fsp3) is 0.538. The third kappa shape index (κ3) is 2.74. The minimum atomic E-state index is -0.182. The van der Waals surface area contributed by atoms with Crippen LogP contribution in [0.1, 0.15) is 38.2 Å². The maximum absolute atomic E-state index is 13.5. The van der Waals surface area contributed by atoms with Gasteiger partial charge in [0.1, 0.15) is 5.82 Å². The molecule has 3 heteroatoms. The second kappa shape index (κ2) is 4.72. The molecule has 1 saturated carbocycles. The van der Waals surface area contributed by atoms with Crippen molar-refractivity contribution >= 4 is 11.6 Å². The van der Waals surface area contributed by atoms with Crippen LogP contribution in [0, 0.1) is 5.82 Å². The maximum atomic E-state index is 13.5. The summed E-state index contributed by atoms with van der Waals surface area (Å²) >= 11 is 5.85. The normalized spacial score (nSPS) is 18.9. The van der Waals surface area contributed by atoms with Crippen LogP contribution >= 0.6 is 11.6 Å². The number of rotatable bonds is 3. The highest BCUT2D eigenvalue weighted by atomic mass is 35.5. The first-order valence-corrected chi connectivity index (χ1v) is 6.16. The highest BCUT2D eigenvalue weighted by Crippen LogP contribution is 2.29. The smallest absolute Gasteiger partial charge is 0.127 e. The molecule has 0 amide bonds. The van der Waals surface area contributed by atoms with E-state index in [9.17, 15) is 4.39 Å². The van der Waals surface area contributed by atoms with E-state index in [-0.39, 0.29) is 11.4 Å². The Bertz CT molecular complexity index is 372. The molecule has 1 aromatic carbocycles. The molecule has 1 aromatic rings. The summed E-state index contributed by atoms with van der Waals surface area (Å²) in [5, 5.41) is 4.04. The molecular weight excluding hydrogens is 225 g/mol. The van der Waals surface area contributed by atoms with Gasteiger partial charge in [0, 0.05) is 22.7 Å². The quantitative estimate of drug-likeness (QED) is 0.846. The van der Waals surface area contributed by atoms with Gasteiger partial charge in [-0.3, -0.25) is 0 Å². The maximum Gasteiger partial charge on any atom is 0.127 e. The lowest BCUT2D eigenvalue weighted by molar-refractivity contribution is 0.359. The van der Waals surface area contributed by atoms with Gasteiger partial charge in [-0.05, 0) is 38.0 Å². The van der Waals surface area contributed by atoms with Gasteiger partial charge in [0.05, 0.1) is 0 Å². The van der Waals surface area contributed by atoms with E-state index in [0.717, 1.165) is 0 Å².